The highest BCUT2D eigenvalue weighted by molar-refractivity contribution is 5.94. The molecule has 2 N–H and O–H groups in total. The number of hydrogen-bond acceptors (Lipinski definition) is 5. The van der Waals surface area contributed by atoms with Gasteiger partial charge in [0.1, 0.15) is 12.3 Å². The molecule has 26 heavy (non-hydrogen) atoms. The third-order valence-corrected chi connectivity index (χ3v) is 3.33. The van der Waals surface area contributed by atoms with E-state index < -0.39 is 12.0 Å². The van der Waals surface area contributed by atoms with Crippen LogP contribution in [0.5, 0.6) is 5.75 Å². The minimum absolute atomic E-state index is 0.257. The standard InChI is InChI=1S/C19H19N3O4/c1-2-12-22(16-10-8-15(9-11-16)13-21-25)19(24)20-14-18(23)26-17-6-4-3-5-7-17/h2-11,13,25H,1,12,14H2,(H,20,24). The number of anilines is 1. The third kappa shape index (κ3) is 5.48. The number of carbonyl (C=O) groups excluding carboxylic acids is 2. The summed E-state index contributed by atoms with van der Waals surface area (Å²) >= 11 is 0. The third-order valence-electron chi connectivity index (χ3n) is 3.33. The lowest BCUT2D eigenvalue weighted by molar-refractivity contribution is -0.133. The first-order chi connectivity index (χ1) is 12.6. The number of ether oxygens (including phenoxy) is 1. The van der Waals surface area contributed by atoms with Crippen molar-refractivity contribution in [1.82, 2.24) is 5.32 Å². The number of para-hydroxylation sites is 1. The SMILES string of the molecule is C=CCN(C(=O)NCC(=O)Oc1ccccc1)c1ccc(C=NO)cc1. The van der Waals surface area contributed by atoms with Crippen molar-refractivity contribution >= 4 is 23.9 Å². The van der Waals surface area contributed by atoms with E-state index in [1.807, 2.05) is 6.07 Å². The number of carbonyl (C=O) groups is 2. The van der Waals surface area contributed by atoms with Gasteiger partial charge in [0.15, 0.2) is 0 Å². The largest absolute Gasteiger partial charge is 0.425 e. The van der Waals surface area contributed by atoms with E-state index in [1.165, 1.54) is 11.1 Å². The van der Waals surface area contributed by atoms with Crippen molar-refractivity contribution in [2.45, 2.75) is 0 Å². The summed E-state index contributed by atoms with van der Waals surface area (Å²) in [6.45, 7) is 3.63. The molecule has 7 heteroatoms. The van der Waals surface area contributed by atoms with Gasteiger partial charge in [-0.3, -0.25) is 4.90 Å². The number of esters is 1. The molecule has 0 aliphatic heterocycles. The molecule has 0 aromatic heterocycles. The zero-order valence-corrected chi connectivity index (χ0v) is 14.0. The Morgan fingerprint density at radius 3 is 2.46 bits per heavy atom. The number of benzene rings is 2. The second kappa shape index (κ2) is 9.63. The van der Waals surface area contributed by atoms with Gasteiger partial charge in [-0.15, -0.1) is 6.58 Å². The molecular formula is C19H19N3O4. The molecule has 2 aromatic carbocycles. The fourth-order valence-corrected chi connectivity index (χ4v) is 2.14. The Kier molecular flexibility index (Phi) is 6.93. The molecule has 0 spiro atoms. The van der Waals surface area contributed by atoms with Crippen molar-refractivity contribution in [2.24, 2.45) is 5.16 Å². The summed E-state index contributed by atoms with van der Waals surface area (Å²) in [5.41, 5.74) is 1.29. The molecule has 0 atom stereocenters. The Morgan fingerprint density at radius 2 is 1.85 bits per heavy atom. The average Bonchev–Trinajstić information content (AvgIpc) is 2.66. The summed E-state index contributed by atoms with van der Waals surface area (Å²) in [6.07, 6.45) is 2.85. The van der Waals surface area contributed by atoms with Gasteiger partial charge in [-0.25, -0.2) is 9.59 Å². The van der Waals surface area contributed by atoms with Crippen LogP contribution in [0, 0.1) is 0 Å². The van der Waals surface area contributed by atoms with Crippen molar-refractivity contribution in [1.29, 1.82) is 0 Å². The summed E-state index contributed by atoms with van der Waals surface area (Å²) < 4.78 is 5.12. The van der Waals surface area contributed by atoms with E-state index in [9.17, 15) is 9.59 Å². The maximum atomic E-state index is 12.4. The van der Waals surface area contributed by atoms with Crippen molar-refractivity contribution in [3.05, 3.63) is 72.8 Å². The molecule has 2 aromatic rings. The first-order valence-corrected chi connectivity index (χ1v) is 7.83. The topological polar surface area (TPSA) is 91.2 Å². The lowest BCUT2D eigenvalue weighted by Crippen LogP contribution is -2.43. The lowest BCUT2D eigenvalue weighted by Gasteiger charge is -2.21. The first kappa shape index (κ1) is 18.7. The molecular weight excluding hydrogens is 334 g/mol. The number of nitrogens with zero attached hydrogens (tertiary/aromatic N) is 2. The summed E-state index contributed by atoms with van der Waals surface area (Å²) in [5.74, 6) is -0.159. The van der Waals surface area contributed by atoms with E-state index in [1.54, 1.807) is 54.6 Å². The highest BCUT2D eigenvalue weighted by Crippen LogP contribution is 2.15. The minimum atomic E-state index is -0.572. The summed E-state index contributed by atoms with van der Waals surface area (Å²) in [4.78, 5) is 25.6. The second-order valence-electron chi connectivity index (χ2n) is 5.18. The number of urea groups is 1. The number of amides is 2. The quantitative estimate of drug-likeness (QED) is 0.200. The Balaban J connectivity index is 1.97. The van der Waals surface area contributed by atoms with Gasteiger partial charge in [0.25, 0.3) is 0 Å². The van der Waals surface area contributed by atoms with Crippen LogP contribution in [0.2, 0.25) is 0 Å². The molecule has 0 aliphatic rings. The van der Waals surface area contributed by atoms with E-state index in [-0.39, 0.29) is 13.1 Å². The van der Waals surface area contributed by atoms with Gasteiger partial charge in [0.2, 0.25) is 0 Å². The van der Waals surface area contributed by atoms with Crippen molar-refractivity contribution in [3.8, 4) is 5.75 Å². The van der Waals surface area contributed by atoms with Crippen molar-refractivity contribution in [3.63, 3.8) is 0 Å². The van der Waals surface area contributed by atoms with Gasteiger partial charge in [-0.2, -0.15) is 0 Å². The maximum absolute atomic E-state index is 12.4. The molecule has 2 amide bonds. The zero-order valence-electron chi connectivity index (χ0n) is 14.0. The minimum Gasteiger partial charge on any atom is -0.425 e. The van der Waals surface area contributed by atoms with Crippen LogP contribution in [0.1, 0.15) is 5.56 Å². The monoisotopic (exact) mass is 353 g/mol. The smallest absolute Gasteiger partial charge is 0.330 e. The molecule has 0 aliphatic carbocycles. The molecule has 0 saturated carbocycles. The maximum Gasteiger partial charge on any atom is 0.330 e. The Bertz CT molecular complexity index is 773. The van der Waals surface area contributed by atoms with Gasteiger partial charge in [-0.1, -0.05) is 41.6 Å². The van der Waals surface area contributed by atoms with Crippen LogP contribution in [-0.2, 0) is 4.79 Å². The fraction of sp³-hybridized carbons (Fsp3) is 0.105. The van der Waals surface area contributed by atoms with Crippen LogP contribution >= 0.6 is 0 Å². The molecule has 0 unspecified atom stereocenters. The van der Waals surface area contributed by atoms with E-state index in [2.05, 4.69) is 17.1 Å². The summed E-state index contributed by atoms with van der Waals surface area (Å²) in [7, 11) is 0. The highest BCUT2D eigenvalue weighted by Gasteiger charge is 2.16. The van der Waals surface area contributed by atoms with Gasteiger partial charge in [0, 0.05) is 12.2 Å². The lowest BCUT2D eigenvalue weighted by atomic mass is 10.2. The van der Waals surface area contributed by atoms with Crippen molar-refractivity contribution in [2.75, 3.05) is 18.0 Å². The van der Waals surface area contributed by atoms with Crippen molar-refractivity contribution < 1.29 is 19.5 Å². The van der Waals surface area contributed by atoms with E-state index in [4.69, 9.17) is 9.94 Å². The number of hydrogen-bond donors (Lipinski definition) is 2. The average molecular weight is 353 g/mol. The van der Waals surface area contributed by atoms with E-state index in [0.717, 1.165) is 0 Å². The molecule has 7 nitrogen and oxygen atoms in total. The van der Waals surface area contributed by atoms with Crippen LogP contribution in [0.3, 0.4) is 0 Å². The van der Waals surface area contributed by atoms with Crippen LogP contribution in [0.15, 0.2) is 72.4 Å². The fourth-order valence-electron chi connectivity index (χ4n) is 2.14. The molecule has 0 radical (unpaired) electrons. The van der Waals surface area contributed by atoms with E-state index >= 15 is 0 Å². The predicted molar refractivity (Wildman–Crippen MR) is 98.8 cm³/mol. The van der Waals surface area contributed by atoms with Gasteiger partial charge < -0.3 is 15.3 Å². The molecule has 0 saturated heterocycles. The Hall–Kier alpha value is -3.61. The normalized spacial score (nSPS) is 10.3. The molecule has 2 rings (SSSR count). The van der Waals surface area contributed by atoms with E-state index in [0.29, 0.717) is 17.0 Å². The molecule has 0 bridgehead atoms. The van der Waals surface area contributed by atoms with Crippen LogP contribution < -0.4 is 15.0 Å². The summed E-state index contributed by atoms with van der Waals surface area (Å²) in [6, 6.07) is 14.9. The zero-order chi connectivity index (χ0) is 18.8. The number of rotatable bonds is 7. The number of nitrogens with one attached hydrogen (secondary N) is 1. The van der Waals surface area contributed by atoms with Crippen LogP contribution in [-0.4, -0.2) is 36.5 Å². The second-order valence-corrected chi connectivity index (χ2v) is 5.18. The number of oxime groups is 1. The van der Waals surface area contributed by atoms with Gasteiger partial charge in [0.05, 0.1) is 6.21 Å². The predicted octanol–water partition coefficient (Wildman–Crippen LogP) is 2.80. The molecule has 134 valence electrons. The van der Waals surface area contributed by atoms with Gasteiger partial charge in [-0.05, 0) is 29.8 Å². The van der Waals surface area contributed by atoms with Gasteiger partial charge >= 0.3 is 12.0 Å². The van der Waals surface area contributed by atoms with Crippen LogP contribution in [0.4, 0.5) is 10.5 Å². The Morgan fingerprint density at radius 1 is 1.15 bits per heavy atom. The Labute approximate surface area is 151 Å². The summed E-state index contributed by atoms with van der Waals surface area (Å²) in [5, 5.41) is 14.0. The first-order valence-electron chi connectivity index (χ1n) is 7.83. The molecule has 0 heterocycles. The van der Waals surface area contributed by atoms with Crippen LogP contribution in [0.25, 0.3) is 0 Å². The highest BCUT2D eigenvalue weighted by atomic mass is 16.5. The molecule has 0 fully saturated rings.